The first-order valence-corrected chi connectivity index (χ1v) is 8.91. The summed E-state index contributed by atoms with van der Waals surface area (Å²) in [6, 6.07) is 7.72. The lowest BCUT2D eigenvalue weighted by atomic mass is 10.2. The van der Waals surface area contributed by atoms with Crippen LogP contribution >= 0.6 is 11.6 Å². The Kier molecular flexibility index (Phi) is 4.42. The molecule has 0 bridgehead atoms. The van der Waals surface area contributed by atoms with Crippen LogP contribution in [0.1, 0.15) is 19.4 Å². The fourth-order valence-corrected chi connectivity index (χ4v) is 3.65. The second-order valence-electron chi connectivity index (χ2n) is 6.24. The number of nitrogens with zero attached hydrogens (tertiary/aromatic N) is 5. The van der Waals surface area contributed by atoms with E-state index in [9.17, 15) is 4.79 Å². The summed E-state index contributed by atoms with van der Waals surface area (Å²) in [4.78, 5) is 27.3. The van der Waals surface area contributed by atoms with Crippen molar-refractivity contribution >= 4 is 28.7 Å². The zero-order valence-corrected chi connectivity index (χ0v) is 15.1. The Balaban J connectivity index is 1.81. The Hall–Kier alpha value is -2.73. The third-order valence-corrected chi connectivity index (χ3v) is 4.95. The fraction of sp³-hybridized carbons (Fsp3) is 0.263. The van der Waals surface area contributed by atoms with E-state index in [-0.39, 0.29) is 11.9 Å². The van der Waals surface area contributed by atoms with E-state index in [0.29, 0.717) is 18.1 Å². The van der Waals surface area contributed by atoms with Crippen LogP contribution in [0.4, 0.5) is 0 Å². The summed E-state index contributed by atoms with van der Waals surface area (Å²) in [7, 11) is 0. The first kappa shape index (κ1) is 16.7. The molecular formula is C19H18ClN5O. The Labute approximate surface area is 156 Å². The monoisotopic (exact) mass is 367 g/mol. The van der Waals surface area contributed by atoms with Crippen molar-refractivity contribution in [3.8, 4) is 11.4 Å². The summed E-state index contributed by atoms with van der Waals surface area (Å²) in [6.07, 6.45) is 7.44. The predicted molar refractivity (Wildman–Crippen MR) is 101 cm³/mol. The number of carbonyl (C=O) groups is 1. The molecule has 0 N–H and O–H groups in total. The normalized spacial score (nSPS) is 17.5. The molecule has 4 rings (SSSR count). The summed E-state index contributed by atoms with van der Waals surface area (Å²) >= 11 is 6.42. The number of allylic oxidation sites excluding steroid dienone is 1. The first-order chi connectivity index (χ1) is 12.7. The molecule has 132 valence electrons. The van der Waals surface area contributed by atoms with Crippen LogP contribution in [0.5, 0.6) is 0 Å². The van der Waals surface area contributed by atoms with Crippen molar-refractivity contribution in [3.05, 3.63) is 54.0 Å². The van der Waals surface area contributed by atoms with Gasteiger partial charge in [0.2, 0.25) is 5.91 Å². The number of amides is 1. The third kappa shape index (κ3) is 2.86. The van der Waals surface area contributed by atoms with Gasteiger partial charge in [0, 0.05) is 18.7 Å². The Morgan fingerprint density at radius 1 is 1.35 bits per heavy atom. The second-order valence-corrected chi connectivity index (χ2v) is 6.65. The van der Waals surface area contributed by atoms with Crippen molar-refractivity contribution in [2.24, 2.45) is 0 Å². The van der Waals surface area contributed by atoms with Gasteiger partial charge in [-0.3, -0.25) is 4.79 Å². The second kappa shape index (κ2) is 6.88. The number of carbonyl (C=O) groups excluding carboxylic acids is 1. The summed E-state index contributed by atoms with van der Waals surface area (Å²) in [5, 5.41) is 0.636. The van der Waals surface area contributed by atoms with E-state index in [1.165, 1.54) is 6.33 Å². The van der Waals surface area contributed by atoms with Gasteiger partial charge in [-0.05, 0) is 31.6 Å². The average Bonchev–Trinajstić information content (AvgIpc) is 3.26. The molecule has 6 nitrogen and oxygen atoms in total. The van der Waals surface area contributed by atoms with Crippen LogP contribution in [0.2, 0.25) is 5.02 Å². The van der Waals surface area contributed by atoms with Gasteiger partial charge in [0.05, 0.1) is 17.3 Å². The maximum Gasteiger partial charge on any atom is 0.246 e. The Bertz CT molecular complexity index is 997. The lowest BCUT2D eigenvalue weighted by Crippen LogP contribution is -2.27. The molecule has 2 aromatic heterocycles. The lowest BCUT2D eigenvalue weighted by molar-refractivity contribution is -0.125. The van der Waals surface area contributed by atoms with E-state index in [1.54, 1.807) is 18.3 Å². The SMILES string of the molecule is C/C=C\C(=O)N1CCC(n2c(-c3ccccc3Cl)nc3cncnc32)C1. The fourth-order valence-electron chi connectivity index (χ4n) is 3.43. The van der Waals surface area contributed by atoms with Crippen molar-refractivity contribution in [1.82, 2.24) is 24.4 Å². The van der Waals surface area contributed by atoms with Gasteiger partial charge in [-0.25, -0.2) is 15.0 Å². The molecule has 0 spiro atoms. The molecule has 1 aliphatic rings. The molecule has 1 aliphatic heterocycles. The van der Waals surface area contributed by atoms with Crippen LogP contribution < -0.4 is 0 Å². The van der Waals surface area contributed by atoms with E-state index in [0.717, 1.165) is 29.0 Å². The zero-order valence-electron chi connectivity index (χ0n) is 14.3. The van der Waals surface area contributed by atoms with E-state index < -0.39 is 0 Å². The molecule has 26 heavy (non-hydrogen) atoms. The lowest BCUT2D eigenvalue weighted by Gasteiger charge is -2.18. The van der Waals surface area contributed by atoms with Gasteiger partial charge in [-0.15, -0.1) is 0 Å². The summed E-state index contributed by atoms with van der Waals surface area (Å²) in [5.41, 5.74) is 2.34. The quantitative estimate of drug-likeness (QED) is 0.665. The molecular weight excluding hydrogens is 350 g/mol. The molecule has 7 heteroatoms. The largest absolute Gasteiger partial charge is 0.337 e. The summed E-state index contributed by atoms with van der Waals surface area (Å²) in [5.74, 6) is 0.796. The highest BCUT2D eigenvalue weighted by molar-refractivity contribution is 6.33. The van der Waals surface area contributed by atoms with Crippen LogP contribution in [-0.4, -0.2) is 43.4 Å². The average molecular weight is 368 g/mol. The Morgan fingerprint density at radius 3 is 3.00 bits per heavy atom. The van der Waals surface area contributed by atoms with E-state index >= 15 is 0 Å². The molecule has 0 radical (unpaired) electrons. The van der Waals surface area contributed by atoms with Crippen molar-refractivity contribution in [1.29, 1.82) is 0 Å². The minimum atomic E-state index is 0.0355. The maximum absolute atomic E-state index is 12.2. The van der Waals surface area contributed by atoms with Crippen LogP contribution in [0.3, 0.4) is 0 Å². The van der Waals surface area contributed by atoms with Crippen molar-refractivity contribution < 1.29 is 4.79 Å². The van der Waals surface area contributed by atoms with Crippen molar-refractivity contribution in [2.75, 3.05) is 13.1 Å². The molecule has 3 heterocycles. The number of fused-ring (bicyclic) bond motifs is 1. The van der Waals surface area contributed by atoms with Gasteiger partial charge >= 0.3 is 0 Å². The number of rotatable bonds is 3. The first-order valence-electron chi connectivity index (χ1n) is 8.53. The number of hydrogen-bond acceptors (Lipinski definition) is 4. The molecule has 1 saturated heterocycles. The zero-order chi connectivity index (χ0) is 18.1. The number of aromatic nitrogens is 4. The van der Waals surface area contributed by atoms with Crippen molar-refractivity contribution in [2.45, 2.75) is 19.4 Å². The van der Waals surface area contributed by atoms with Crippen LogP contribution in [0.25, 0.3) is 22.6 Å². The van der Waals surface area contributed by atoms with E-state index in [2.05, 4.69) is 14.5 Å². The molecule has 0 saturated carbocycles. The van der Waals surface area contributed by atoms with Gasteiger partial charge in [-0.2, -0.15) is 0 Å². The van der Waals surface area contributed by atoms with Crippen LogP contribution in [-0.2, 0) is 4.79 Å². The number of imidazole rings is 1. The molecule has 1 amide bonds. The summed E-state index contributed by atoms with van der Waals surface area (Å²) in [6.45, 7) is 3.18. The number of hydrogen-bond donors (Lipinski definition) is 0. The van der Waals surface area contributed by atoms with Crippen LogP contribution in [0.15, 0.2) is 48.9 Å². The van der Waals surface area contributed by atoms with Gasteiger partial charge in [0.15, 0.2) is 5.65 Å². The Morgan fingerprint density at radius 2 is 2.19 bits per heavy atom. The minimum absolute atomic E-state index is 0.0355. The molecule has 0 aliphatic carbocycles. The molecule has 1 atom stereocenters. The highest BCUT2D eigenvalue weighted by Crippen LogP contribution is 2.34. The highest BCUT2D eigenvalue weighted by Gasteiger charge is 2.30. The summed E-state index contributed by atoms with van der Waals surface area (Å²) < 4.78 is 2.10. The van der Waals surface area contributed by atoms with Gasteiger partial charge < -0.3 is 9.47 Å². The predicted octanol–water partition coefficient (Wildman–Crippen LogP) is 3.50. The van der Waals surface area contributed by atoms with Crippen molar-refractivity contribution in [3.63, 3.8) is 0 Å². The molecule has 1 fully saturated rings. The maximum atomic E-state index is 12.2. The minimum Gasteiger partial charge on any atom is -0.337 e. The molecule has 3 aromatic rings. The van der Waals surface area contributed by atoms with Gasteiger partial charge in [0.25, 0.3) is 0 Å². The topological polar surface area (TPSA) is 63.9 Å². The number of halogens is 1. The standard InChI is InChI=1S/C19H18ClN5O/c1-2-5-17(26)24-9-8-13(11-24)25-18(14-6-3-4-7-15(14)20)23-16-10-21-12-22-19(16)25/h2-7,10,12-13H,8-9,11H2,1H3/b5-2-. The third-order valence-electron chi connectivity index (χ3n) is 4.62. The van der Waals surface area contributed by atoms with Gasteiger partial charge in [0.1, 0.15) is 17.7 Å². The van der Waals surface area contributed by atoms with E-state index in [4.69, 9.17) is 16.6 Å². The highest BCUT2D eigenvalue weighted by atomic mass is 35.5. The smallest absolute Gasteiger partial charge is 0.246 e. The van der Waals surface area contributed by atoms with Crippen LogP contribution in [0, 0.1) is 0 Å². The van der Waals surface area contributed by atoms with E-state index in [1.807, 2.05) is 36.1 Å². The number of likely N-dealkylation sites (tertiary alicyclic amines) is 1. The van der Waals surface area contributed by atoms with Gasteiger partial charge in [-0.1, -0.05) is 29.8 Å². The molecule has 1 aromatic carbocycles. The number of benzene rings is 1. The molecule has 1 unspecified atom stereocenters.